The lowest BCUT2D eigenvalue weighted by Gasteiger charge is -2.16. The van der Waals surface area contributed by atoms with Gasteiger partial charge in [0.2, 0.25) is 5.91 Å². The highest BCUT2D eigenvalue weighted by molar-refractivity contribution is 5.77. The third-order valence-corrected chi connectivity index (χ3v) is 3.53. The van der Waals surface area contributed by atoms with Crippen molar-refractivity contribution in [3.8, 4) is 0 Å². The number of nitrogens with one attached hydrogen (secondary N) is 1. The van der Waals surface area contributed by atoms with Crippen molar-refractivity contribution in [3.63, 3.8) is 0 Å². The molecule has 1 aromatic rings. The van der Waals surface area contributed by atoms with Gasteiger partial charge in [-0.05, 0) is 6.42 Å². The molecule has 0 bridgehead atoms. The number of hydrogen-bond donors (Lipinski definition) is 2. The number of methoxy groups -OCH3 is 1. The molecule has 0 spiro atoms. The average Bonchev–Trinajstić information content (AvgIpc) is 2.99. The Morgan fingerprint density at radius 2 is 2.38 bits per heavy atom. The van der Waals surface area contributed by atoms with E-state index < -0.39 is 6.10 Å². The normalized spacial score (nSPS) is 22.6. The van der Waals surface area contributed by atoms with Crippen molar-refractivity contribution in [2.45, 2.75) is 38.6 Å². The molecule has 0 aliphatic carbocycles. The van der Waals surface area contributed by atoms with Crippen molar-refractivity contribution in [1.82, 2.24) is 20.0 Å². The van der Waals surface area contributed by atoms with Gasteiger partial charge in [0, 0.05) is 45.0 Å². The minimum atomic E-state index is -0.545. The second-order valence-corrected chi connectivity index (χ2v) is 5.48. The maximum absolute atomic E-state index is 11.5. The van der Waals surface area contributed by atoms with E-state index in [1.165, 1.54) is 7.11 Å². The number of likely N-dealkylation sites (tertiary alicyclic amines) is 1. The van der Waals surface area contributed by atoms with Crippen molar-refractivity contribution in [1.29, 1.82) is 0 Å². The second-order valence-electron chi connectivity index (χ2n) is 5.48. The standard InChI is InChI=1S/C14H24N4O3/c1-3-4-18-7-11(5-15-18)6-17-8-12(13(19)9-17)16-14(20)10-21-2/h5,7,12-13,19H,3-4,6,8-10H2,1-2H3,(H,16,20)/t12-,13-/m1/s1. The van der Waals surface area contributed by atoms with E-state index in [0.717, 1.165) is 25.1 Å². The van der Waals surface area contributed by atoms with Crippen LogP contribution in [0.15, 0.2) is 12.4 Å². The van der Waals surface area contributed by atoms with Crippen LogP contribution < -0.4 is 5.32 Å². The number of amides is 1. The zero-order valence-electron chi connectivity index (χ0n) is 12.7. The molecule has 2 N–H and O–H groups in total. The molecule has 0 saturated carbocycles. The molecule has 2 heterocycles. The summed E-state index contributed by atoms with van der Waals surface area (Å²) in [5, 5.41) is 17.1. The zero-order chi connectivity index (χ0) is 15.2. The maximum atomic E-state index is 11.5. The van der Waals surface area contributed by atoms with Crippen molar-refractivity contribution in [2.75, 3.05) is 26.8 Å². The van der Waals surface area contributed by atoms with Crippen LogP contribution in [0.3, 0.4) is 0 Å². The topological polar surface area (TPSA) is 79.6 Å². The fourth-order valence-electron chi connectivity index (χ4n) is 2.61. The van der Waals surface area contributed by atoms with Gasteiger partial charge in [0.1, 0.15) is 6.61 Å². The predicted molar refractivity (Wildman–Crippen MR) is 77.6 cm³/mol. The number of carbonyl (C=O) groups excluding carboxylic acids is 1. The minimum absolute atomic E-state index is 0.0208. The lowest BCUT2D eigenvalue weighted by atomic mass is 10.2. The summed E-state index contributed by atoms with van der Waals surface area (Å²) in [6, 6.07) is -0.238. The fraction of sp³-hybridized carbons (Fsp3) is 0.714. The summed E-state index contributed by atoms with van der Waals surface area (Å²) in [7, 11) is 1.48. The molecule has 1 aliphatic rings. The summed E-state index contributed by atoms with van der Waals surface area (Å²) in [6.45, 7) is 4.97. The molecule has 2 rings (SSSR count). The Labute approximate surface area is 124 Å². The SMILES string of the molecule is CCCn1cc(CN2C[C@@H](O)[C@H](NC(=O)COC)C2)cn1. The highest BCUT2D eigenvalue weighted by Gasteiger charge is 2.32. The molecule has 1 fully saturated rings. The molecule has 7 nitrogen and oxygen atoms in total. The van der Waals surface area contributed by atoms with E-state index in [9.17, 15) is 9.90 Å². The van der Waals surface area contributed by atoms with Gasteiger partial charge in [-0.3, -0.25) is 14.4 Å². The molecule has 1 aromatic heterocycles. The number of hydrogen-bond acceptors (Lipinski definition) is 5. The smallest absolute Gasteiger partial charge is 0.246 e. The Hall–Kier alpha value is -1.44. The van der Waals surface area contributed by atoms with E-state index in [-0.39, 0.29) is 18.6 Å². The van der Waals surface area contributed by atoms with E-state index in [1.807, 2.05) is 17.1 Å². The Morgan fingerprint density at radius 1 is 1.57 bits per heavy atom. The van der Waals surface area contributed by atoms with Gasteiger partial charge in [-0.1, -0.05) is 6.92 Å². The van der Waals surface area contributed by atoms with Crippen LogP contribution in [0.2, 0.25) is 0 Å². The van der Waals surface area contributed by atoms with Gasteiger partial charge in [-0.25, -0.2) is 0 Å². The number of aromatic nitrogens is 2. The van der Waals surface area contributed by atoms with Crippen molar-refractivity contribution >= 4 is 5.91 Å². The van der Waals surface area contributed by atoms with Gasteiger partial charge in [0.25, 0.3) is 0 Å². The van der Waals surface area contributed by atoms with Crippen LogP contribution >= 0.6 is 0 Å². The van der Waals surface area contributed by atoms with Crippen LogP contribution in [0.4, 0.5) is 0 Å². The largest absolute Gasteiger partial charge is 0.390 e. The first kappa shape index (κ1) is 15.9. The molecule has 1 aliphatic heterocycles. The van der Waals surface area contributed by atoms with E-state index in [4.69, 9.17) is 4.74 Å². The highest BCUT2D eigenvalue weighted by atomic mass is 16.5. The summed E-state index contributed by atoms with van der Waals surface area (Å²) in [5.74, 6) is -0.195. The highest BCUT2D eigenvalue weighted by Crippen LogP contribution is 2.14. The van der Waals surface area contributed by atoms with Crippen LogP contribution in [0, 0.1) is 0 Å². The lowest BCUT2D eigenvalue weighted by molar-refractivity contribution is -0.125. The summed E-state index contributed by atoms with van der Waals surface area (Å²) in [6.07, 6.45) is 4.40. The van der Waals surface area contributed by atoms with Crippen molar-refractivity contribution in [3.05, 3.63) is 18.0 Å². The Kier molecular flexibility index (Phi) is 5.72. The first-order chi connectivity index (χ1) is 10.1. The lowest BCUT2D eigenvalue weighted by Crippen LogP contribution is -2.44. The molecular formula is C14H24N4O3. The van der Waals surface area contributed by atoms with Gasteiger partial charge in [0.15, 0.2) is 0 Å². The van der Waals surface area contributed by atoms with Crippen molar-refractivity contribution in [2.24, 2.45) is 0 Å². The summed E-state index contributed by atoms with van der Waals surface area (Å²) in [4.78, 5) is 13.6. The summed E-state index contributed by atoms with van der Waals surface area (Å²) >= 11 is 0. The third kappa shape index (κ3) is 4.52. The third-order valence-electron chi connectivity index (χ3n) is 3.53. The molecule has 1 amide bonds. The minimum Gasteiger partial charge on any atom is -0.390 e. The number of ether oxygens (including phenoxy) is 1. The number of carbonyl (C=O) groups is 1. The monoisotopic (exact) mass is 296 g/mol. The van der Waals surface area contributed by atoms with Crippen LogP contribution in [0.25, 0.3) is 0 Å². The number of nitrogens with zero attached hydrogens (tertiary/aromatic N) is 3. The van der Waals surface area contributed by atoms with Crippen LogP contribution in [-0.4, -0.2) is 64.6 Å². The number of aryl methyl sites for hydroxylation is 1. The molecular weight excluding hydrogens is 272 g/mol. The number of aliphatic hydroxyl groups excluding tert-OH is 1. The van der Waals surface area contributed by atoms with E-state index in [0.29, 0.717) is 13.1 Å². The zero-order valence-corrected chi connectivity index (χ0v) is 12.7. The number of aliphatic hydroxyl groups is 1. The number of β-amino-alcohol motifs (C(OH)–C–C–N with tert-alkyl or cyclic N) is 1. The predicted octanol–water partition coefficient (Wildman–Crippen LogP) is -0.399. The molecule has 0 radical (unpaired) electrons. The van der Waals surface area contributed by atoms with E-state index >= 15 is 0 Å². The molecule has 7 heteroatoms. The van der Waals surface area contributed by atoms with Crippen LogP contribution in [0.1, 0.15) is 18.9 Å². The maximum Gasteiger partial charge on any atom is 0.246 e. The van der Waals surface area contributed by atoms with E-state index in [2.05, 4.69) is 22.2 Å². The molecule has 21 heavy (non-hydrogen) atoms. The summed E-state index contributed by atoms with van der Waals surface area (Å²) < 4.78 is 6.71. The van der Waals surface area contributed by atoms with Crippen molar-refractivity contribution < 1.29 is 14.6 Å². The second kappa shape index (κ2) is 7.53. The molecule has 0 aromatic carbocycles. The Morgan fingerprint density at radius 3 is 3.10 bits per heavy atom. The van der Waals surface area contributed by atoms with Gasteiger partial charge in [-0.15, -0.1) is 0 Å². The number of rotatable bonds is 7. The Balaban J connectivity index is 1.83. The average molecular weight is 296 g/mol. The quantitative estimate of drug-likeness (QED) is 0.716. The first-order valence-electron chi connectivity index (χ1n) is 7.32. The van der Waals surface area contributed by atoms with Gasteiger partial charge in [0.05, 0.1) is 18.3 Å². The fourth-order valence-corrected chi connectivity index (χ4v) is 2.61. The molecule has 1 saturated heterocycles. The first-order valence-corrected chi connectivity index (χ1v) is 7.32. The van der Waals surface area contributed by atoms with Gasteiger partial charge < -0.3 is 15.2 Å². The van der Waals surface area contributed by atoms with E-state index in [1.54, 1.807) is 0 Å². The molecule has 118 valence electrons. The molecule has 2 atom stereocenters. The van der Waals surface area contributed by atoms with Gasteiger partial charge >= 0.3 is 0 Å². The summed E-state index contributed by atoms with van der Waals surface area (Å²) in [5.41, 5.74) is 1.12. The molecule has 0 unspecified atom stereocenters. The van der Waals surface area contributed by atoms with Crippen LogP contribution in [0.5, 0.6) is 0 Å². The van der Waals surface area contributed by atoms with Crippen LogP contribution in [-0.2, 0) is 22.6 Å². The van der Waals surface area contributed by atoms with Gasteiger partial charge in [-0.2, -0.15) is 5.10 Å². The Bertz CT molecular complexity index is 463.